The molecular weight excluding hydrogens is 378 g/mol. The summed E-state index contributed by atoms with van der Waals surface area (Å²) in [6.45, 7) is 0.0488. The van der Waals surface area contributed by atoms with E-state index < -0.39 is 5.60 Å². The van der Waals surface area contributed by atoms with E-state index in [9.17, 15) is 9.90 Å². The summed E-state index contributed by atoms with van der Waals surface area (Å²) in [5.41, 5.74) is -0.196. The van der Waals surface area contributed by atoms with Crippen LogP contribution in [0.25, 0.3) is 0 Å². The van der Waals surface area contributed by atoms with E-state index in [1.54, 1.807) is 24.3 Å². The molecule has 0 saturated heterocycles. The van der Waals surface area contributed by atoms with Crippen molar-refractivity contribution in [1.29, 1.82) is 0 Å². The van der Waals surface area contributed by atoms with E-state index in [0.29, 0.717) is 15.6 Å². The smallest absolute Gasteiger partial charge is 0.252 e. The summed E-state index contributed by atoms with van der Waals surface area (Å²) in [5.74, 6) is -0.254. The van der Waals surface area contributed by atoms with E-state index in [0.717, 1.165) is 4.88 Å². The van der Waals surface area contributed by atoms with Gasteiger partial charge in [0.2, 0.25) is 0 Å². The number of aliphatic hydroxyl groups is 1. The highest BCUT2D eigenvalue weighted by atomic mass is 79.9. The van der Waals surface area contributed by atoms with Gasteiger partial charge in [-0.3, -0.25) is 4.79 Å². The monoisotopic (exact) mass is 391 g/mol. The fourth-order valence-corrected chi connectivity index (χ4v) is 3.60. The molecule has 1 unspecified atom stereocenters. The predicted octanol–water partition coefficient (Wildman–Crippen LogP) is 3.77. The highest BCUT2D eigenvalue weighted by Crippen LogP contribution is 2.32. The molecule has 2 heterocycles. The quantitative estimate of drug-likeness (QED) is 0.695. The molecule has 0 saturated carbocycles. The number of hydrogen-bond acceptors (Lipinski definition) is 4. The average molecular weight is 392 g/mol. The molecule has 0 aliphatic rings. The number of furan rings is 1. The highest BCUT2D eigenvalue weighted by Gasteiger charge is 2.34. The molecule has 1 atom stereocenters. The van der Waals surface area contributed by atoms with Crippen molar-refractivity contribution >= 4 is 33.2 Å². The number of nitrogens with one attached hydrogen (secondary N) is 1. The van der Waals surface area contributed by atoms with Gasteiger partial charge in [-0.2, -0.15) is 0 Å². The molecule has 2 N–H and O–H groups in total. The Bertz CT molecular complexity index is 750. The Kier molecular flexibility index (Phi) is 4.66. The number of thiophene rings is 1. The van der Waals surface area contributed by atoms with Gasteiger partial charge in [0.05, 0.1) is 24.6 Å². The zero-order valence-corrected chi connectivity index (χ0v) is 14.4. The van der Waals surface area contributed by atoms with Crippen molar-refractivity contribution in [1.82, 2.24) is 5.32 Å². The molecular formula is C17H14BrNO3S. The van der Waals surface area contributed by atoms with Crippen LogP contribution in [0.5, 0.6) is 0 Å². The van der Waals surface area contributed by atoms with Crippen molar-refractivity contribution in [3.05, 3.63) is 80.8 Å². The molecule has 0 aliphatic heterocycles. The fraction of sp³-hybridized carbons (Fsp3) is 0.118. The molecule has 0 fully saturated rings. The van der Waals surface area contributed by atoms with E-state index in [-0.39, 0.29) is 12.5 Å². The van der Waals surface area contributed by atoms with E-state index in [4.69, 9.17) is 4.42 Å². The predicted molar refractivity (Wildman–Crippen MR) is 92.5 cm³/mol. The topological polar surface area (TPSA) is 62.5 Å². The van der Waals surface area contributed by atoms with E-state index in [1.165, 1.54) is 23.9 Å². The summed E-state index contributed by atoms with van der Waals surface area (Å²) in [6, 6.07) is 12.6. The molecule has 0 aliphatic carbocycles. The first-order valence-corrected chi connectivity index (χ1v) is 8.60. The average Bonchev–Trinajstić information content (AvgIpc) is 3.25. The summed E-state index contributed by atoms with van der Waals surface area (Å²) in [7, 11) is 0. The molecule has 0 spiro atoms. The largest absolute Gasteiger partial charge is 0.472 e. The van der Waals surface area contributed by atoms with Crippen LogP contribution in [0.15, 0.2) is 69.3 Å². The molecule has 6 heteroatoms. The van der Waals surface area contributed by atoms with Crippen LogP contribution in [0, 0.1) is 0 Å². The van der Waals surface area contributed by atoms with Crippen molar-refractivity contribution in [3.8, 4) is 0 Å². The Morgan fingerprint density at radius 2 is 2.09 bits per heavy atom. The first kappa shape index (κ1) is 16.0. The van der Waals surface area contributed by atoms with Crippen molar-refractivity contribution in [3.63, 3.8) is 0 Å². The molecule has 1 aromatic carbocycles. The summed E-state index contributed by atoms with van der Waals surface area (Å²) in [6.07, 6.45) is 2.99. The molecule has 118 valence electrons. The number of benzene rings is 1. The minimum atomic E-state index is -1.32. The second kappa shape index (κ2) is 6.70. The third-order valence-corrected chi connectivity index (χ3v) is 5.26. The molecule has 4 nitrogen and oxygen atoms in total. The van der Waals surface area contributed by atoms with Gasteiger partial charge in [-0.25, -0.2) is 0 Å². The number of hydrogen-bond donors (Lipinski definition) is 2. The Morgan fingerprint density at radius 1 is 1.26 bits per heavy atom. The van der Waals surface area contributed by atoms with Gasteiger partial charge in [-0.05, 0) is 45.6 Å². The van der Waals surface area contributed by atoms with E-state index >= 15 is 0 Å². The Balaban J connectivity index is 1.84. The minimum absolute atomic E-state index is 0.0488. The van der Waals surface area contributed by atoms with Crippen molar-refractivity contribution < 1.29 is 14.3 Å². The Labute approximate surface area is 145 Å². The van der Waals surface area contributed by atoms with Gasteiger partial charge in [0.15, 0.2) is 0 Å². The van der Waals surface area contributed by atoms with E-state index in [2.05, 4.69) is 21.2 Å². The van der Waals surface area contributed by atoms with Gasteiger partial charge >= 0.3 is 0 Å². The van der Waals surface area contributed by atoms with Crippen LogP contribution in [0.4, 0.5) is 0 Å². The maximum absolute atomic E-state index is 12.4. The van der Waals surface area contributed by atoms with Crippen molar-refractivity contribution in [2.24, 2.45) is 0 Å². The lowest BCUT2D eigenvalue weighted by molar-refractivity contribution is 0.0714. The normalized spacial score (nSPS) is 13.5. The Morgan fingerprint density at radius 3 is 2.74 bits per heavy atom. The fourth-order valence-electron chi connectivity index (χ4n) is 2.29. The molecule has 0 radical (unpaired) electrons. The van der Waals surface area contributed by atoms with Crippen LogP contribution in [-0.4, -0.2) is 17.6 Å². The van der Waals surface area contributed by atoms with E-state index in [1.807, 2.05) is 23.6 Å². The molecule has 23 heavy (non-hydrogen) atoms. The lowest BCUT2D eigenvalue weighted by Crippen LogP contribution is -2.41. The summed E-state index contributed by atoms with van der Waals surface area (Å²) in [5, 5.41) is 15.8. The molecule has 3 rings (SSSR count). The maximum Gasteiger partial charge on any atom is 0.252 e. The highest BCUT2D eigenvalue weighted by molar-refractivity contribution is 9.10. The lowest BCUT2D eigenvalue weighted by atomic mass is 9.94. The summed E-state index contributed by atoms with van der Waals surface area (Å²) < 4.78 is 5.80. The van der Waals surface area contributed by atoms with Crippen LogP contribution in [0.1, 0.15) is 20.8 Å². The third-order valence-electron chi connectivity index (χ3n) is 3.55. The number of rotatable bonds is 5. The standard InChI is InChI=1S/C17H14BrNO3S/c18-14-5-2-1-4-13(14)16(20)19-11-17(21,12-7-8-22-10-12)15-6-3-9-23-15/h1-10,21H,11H2,(H,19,20). The molecule has 1 amide bonds. The molecule has 2 aromatic heterocycles. The van der Waals surface area contributed by atoms with Gasteiger partial charge in [-0.1, -0.05) is 18.2 Å². The third kappa shape index (κ3) is 3.24. The van der Waals surface area contributed by atoms with Gasteiger partial charge in [0.1, 0.15) is 5.60 Å². The first-order chi connectivity index (χ1) is 11.1. The van der Waals surface area contributed by atoms with Crippen LogP contribution in [0.3, 0.4) is 0 Å². The minimum Gasteiger partial charge on any atom is -0.472 e. The second-order valence-corrected chi connectivity index (χ2v) is 6.81. The van der Waals surface area contributed by atoms with Gasteiger partial charge in [0.25, 0.3) is 5.91 Å². The van der Waals surface area contributed by atoms with Crippen molar-refractivity contribution in [2.45, 2.75) is 5.60 Å². The maximum atomic E-state index is 12.4. The Hall–Kier alpha value is -1.89. The second-order valence-electron chi connectivity index (χ2n) is 5.01. The number of halogens is 1. The SMILES string of the molecule is O=C(NCC(O)(c1ccoc1)c1cccs1)c1ccccc1Br. The summed E-state index contributed by atoms with van der Waals surface area (Å²) in [4.78, 5) is 13.1. The number of amides is 1. The lowest BCUT2D eigenvalue weighted by Gasteiger charge is -2.26. The van der Waals surface area contributed by atoms with Crippen LogP contribution >= 0.6 is 27.3 Å². The first-order valence-electron chi connectivity index (χ1n) is 6.93. The van der Waals surface area contributed by atoms with Gasteiger partial charge < -0.3 is 14.8 Å². The molecule has 0 bridgehead atoms. The zero-order valence-electron chi connectivity index (χ0n) is 12.0. The van der Waals surface area contributed by atoms with Crippen LogP contribution < -0.4 is 5.32 Å². The summed E-state index contributed by atoms with van der Waals surface area (Å²) >= 11 is 4.79. The van der Waals surface area contributed by atoms with Crippen LogP contribution in [-0.2, 0) is 5.60 Å². The van der Waals surface area contributed by atoms with Gasteiger partial charge in [0, 0.05) is 14.9 Å². The zero-order chi connectivity index (χ0) is 16.3. The van der Waals surface area contributed by atoms with Crippen molar-refractivity contribution in [2.75, 3.05) is 6.54 Å². The number of carbonyl (C=O) groups excluding carboxylic acids is 1. The van der Waals surface area contributed by atoms with Gasteiger partial charge in [-0.15, -0.1) is 11.3 Å². The number of carbonyl (C=O) groups is 1. The van der Waals surface area contributed by atoms with Crippen LogP contribution in [0.2, 0.25) is 0 Å². The molecule has 3 aromatic rings.